The molecule has 0 aliphatic heterocycles. The average Bonchev–Trinajstić information content (AvgIpc) is 2.51. The zero-order valence-corrected chi connectivity index (χ0v) is 11.3. The van der Waals surface area contributed by atoms with Gasteiger partial charge < -0.3 is 9.47 Å². The molecule has 1 aromatic heterocycles. The van der Waals surface area contributed by atoms with Crippen LogP contribution >= 0.6 is 0 Å². The van der Waals surface area contributed by atoms with Gasteiger partial charge in [-0.15, -0.1) is 0 Å². The van der Waals surface area contributed by atoms with Crippen LogP contribution in [0.3, 0.4) is 0 Å². The molecule has 0 N–H and O–H groups in total. The van der Waals surface area contributed by atoms with Crippen LogP contribution in [0.15, 0.2) is 42.5 Å². The lowest BCUT2D eigenvalue weighted by molar-refractivity contribution is -0.141. The van der Waals surface area contributed by atoms with Gasteiger partial charge in [-0.2, -0.15) is 18.4 Å². The first-order valence-corrected chi connectivity index (χ1v) is 6.29. The zero-order chi connectivity index (χ0) is 16.0. The Labute approximate surface area is 124 Å². The summed E-state index contributed by atoms with van der Waals surface area (Å²) >= 11 is 0. The molecule has 22 heavy (non-hydrogen) atoms. The molecule has 1 heterocycles. The van der Waals surface area contributed by atoms with Gasteiger partial charge >= 0.3 is 6.18 Å². The smallest absolute Gasteiger partial charge is 0.433 e. The van der Waals surface area contributed by atoms with E-state index >= 15 is 0 Å². The molecule has 0 aliphatic rings. The number of hydrogen-bond acceptors (Lipinski definition) is 4. The SMILES string of the molecule is N#Cc1ccc(C(F)(F)F)nc1OCCOc1ccccc1. The predicted molar refractivity (Wildman–Crippen MR) is 71.4 cm³/mol. The first-order valence-electron chi connectivity index (χ1n) is 6.29. The third kappa shape index (κ3) is 4.12. The number of rotatable bonds is 5. The van der Waals surface area contributed by atoms with Gasteiger partial charge in [0, 0.05) is 0 Å². The number of halogens is 3. The summed E-state index contributed by atoms with van der Waals surface area (Å²) in [4.78, 5) is 3.33. The number of nitrogens with zero attached hydrogens (tertiary/aromatic N) is 2. The van der Waals surface area contributed by atoms with Crippen LogP contribution in [-0.2, 0) is 6.18 Å². The monoisotopic (exact) mass is 308 g/mol. The summed E-state index contributed by atoms with van der Waals surface area (Å²) in [6.07, 6.45) is -4.59. The fourth-order valence-electron chi connectivity index (χ4n) is 1.61. The Morgan fingerprint density at radius 2 is 1.68 bits per heavy atom. The molecule has 4 nitrogen and oxygen atoms in total. The quantitative estimate of drug-likeness (QED) is 0.794. The molecule has 1 aromatic carbocycles. The molecule has 0 bridgehead atoms. The number of para-hydroxylation sites is 1. The van der Waals surface area contributed by atoms with E-state index in [1.807, 2.05) is 6.07 Å². The van der Waals surface area contributed by atoms with Crippen molar-refractivity contribution in [1.82, 2.24) is 4.98 Å². The number of benzene rings is 1. The second kappa shape index (κ2) is 6.80. The minimum absolute atomic E-state index is 0.0299. The van der Waals surface area contributed by atoms with Crippen LogP contribution in [0, 0.1) is 11.3 Å². The number of hydrogen-bond donors (Lipinski definition) is 0. The van der Waals surface area contributed by atoms with Crippen LogP contribution in [0.4, 0.5) is 13.2 Å². The maximum absolute atomic E-state index is 12.6. The Morgan fingerprint density at radius 3 is 2.32 bits per heavy atom. The normalized spacial score (nSPS) is 10.8. The van der Waals surface area contributed by atoms with Crippen molar-refractivity contribution in [3.8, 4) is 17.7 Å². The van der Waals surface area contributed by atoms with E-state index in [1.165, 1.54) is 0 Å². The molecule has 0 unspecified atom stereocenters. The number of nitriles is 1. The summed E-state index contributed by atoms with van der Waals surface area (Å²) in [6.45, 7) is 0.0880. The Bertz CT molecular complexity index is 667. The van der Waals surface area contributed by atoms with E-state index in [4.69, 9.17) is 14.7 Å². The topological polar surface area (TPSA) is 55.1 Å². The van der Waals surface area contributed by atoms with E-state index in [-0.39, 0.29) is 24.7 Å². The van der Waals surface area contributed by atoms with Crippen molar-refractivity contribution in [1.29, 1.82) is 5.26 Å². The molecule has 0 atom stereocenters. The van der Waals surface area contributed by atoms with E-state index in [0.717, 1.165) is 12.1 Å². The van der Waals surface area contributed by atoms with Crippen LogP contribution in [-0.4, -0.2) is 18.2 Å². The summed E-state index contributed by atoms with van der Waals surface area (Å²) in [5, 5.41) is 8.86. The van der Waals surface area contributed by atoms with Crippen molar-refractivity contribution in [3.05, 3.63) is 53.7 Å². The Balaban J connectivity index is 1.98. The molecular formula is C15H11F3N2O2. The van der Waals surface area contributed by atoms with E-state index in [0.29, 0.717) is 5.75 Å². The van der Waals surface area contributed by atoms with Crippen molar-refractivity contribution in [2.45, 2.75) is 6.18 Å². The fraction of sp³-hybridized carbons (Fsp3) is 0.200. The van der Waals surface area contributed by atoms with Crippen molar-refractivity contribution in [2.75, 3.05) is 13.2 Å². The third-order valence-electron chi connectivity index (χ3n) is 2.61. The highest BCUT2D eigenvalue weighted by Crippen LogP contribution is 2.29. The highest BCUT2D eigenvalue weighted by molar-refractivity contribution is 5.39. The molecule has 114 valence electrons. The molecule has 7 heteroatoms. The van der Waals surface area contributed by atoms with Gasteiger partial charge in [0.2, 0.25) is 5.88 Å². The summed E-state index contributed by atoms with van der Waals surface area (Å²) < 4.78 is 48.2. The van der Waals surface area contributed by atoms with Gasteiger partial charge in [-0.3, -0.25) is 0 Å². The lowest BCUT2D eigenvalue weighted by Gasteiger charge is -2.11. The second-order valence-corrected chi connectivity index (χ2v) is 4.17. The first-order chi connectivity index (χ1) is 10.5. The van der Waals surface area contributed by atoms with Gasteiger partial charge in [-0.1, -0.05) is 18.2 Å². The molecule has 0 aliphatic carbocycles. The molecule has 0 saturated carbocycles. The van der Waals surface area contributed by atoms with Gasteiger partial charge in [0.15, 0.2) is 0 Å². The van der Waals surface area contributed by atoms with E-state index < -0.39 is 11.9 Å². The van der Waals surface area contributed by atoms with Crippen molar-refractivity contribution in [2.24, 2.45) is 0 Å². The van der Waals surface area contributed by atoms with Crippen LogP contribution < -0.4 is 9.47 Å². The zero-order valence-electron chi connectivity index (χ0n) is 11.3. The van der Waals surface area contributed by atoms with Gasteiger partial charge in [-0.25, -0.2) is 4.98 Å². The van der Waals surface area contributed by atoms with Crippen LogP contribution in [0.5, 0.6) is 11.6 Å². The summed E-state index contributed by atoms with van der Waals surface area (Å²) in [5.74, 6) is 0.262. The predicted octanol–water partition coefficient (Wildman–Crippen LogP) is 3.43. The molecule has 2 rings (SSSR count). The molecule has 0 amide bonds. The van der Waals surface area contributed by atoms with Gasteiger partial charge in [0.05, 0.1) is 0 Å². The van der Waals surface area contributed by atoms with Crippen LogP contribution in [0.25, 0.3) is 0 Å². The van der Waals surface area contributed by atoms with E-state index in [9.17, 15) is 13.2 Å². The third-order valence-corrected chi connectivity index (χ3v) is 2.61. The maximum atomic E-state index is 12.6. The number of aromatic nitrogens is 1. The molecule has 0 radical (unpaired) electrons. The van der Waals surface area contributed by atoms with Crippen LogP contribution in [0.2, 0.25) is 0 Å². The maximum Gasteiger partial charge on any atom is 0.433 e. The number of alkyl halides is 3. The van der Waals surface area contributed by atoms with Gasteiger partial charge in [-0.05, 0) is 24.3 Å². The van der Waals surface area contributed by atoms with Crippen LogP contribution in [0.1, 0.15) is 11.3 Å². The lowest BCUT2D eigenvalue weighted by Crippen LogP contribution is -2.13. The summed E-state index contributed by atoms with van der Waals surface area (Å²) in [7, 11) is 0. The summed E-state index contributed by atoms with van der Waals surface area (Å²) in [5.41, 5.74) is -1.17. The van der Waals surface area contributed by atoms with E-state index in [2.05, 4.69) is 4.98 Å². The number of ether oxygens (including phenoxy) is 2. The van der Waals surface area contributed by atoms with Gasteiger partial charge in [0.25, 0.3) is 0 Å². The fourth-order valence-corrected chi connectivity index (χ4v) is 1.61. The van der Waals surface area contributed by atoms with Crippen molar-refractivity contribution < 1.29 is 22.6 Å². The largest absolute Gasteiger partial charge is 0.490 e. The molecule has 0 spiro atoms. The van der Waals surface area contributed by atoms with Crippen molar-refractivity contribution >= 4 is 0 Å². The first kappa shape index (κ1) is 15.6. The molecule has 2 aromatic rings. The Morgan fingerprint density at radius 1 is 1.00 bits per heavy atom. The Hall–Kier alpha value is -2.75. The highest BCUT2D eigenvalue weighted by atomic mass is 19.4. The molecule has 0 saturated heterocycles. The minimum Gasteiger partial charge on any atom is -0.490 e. The minimum atomic E-state index is -4.59. The Kier molecular flexibility index (Phi) is 4.84. The standard InChI is InChI=1S/C15H11F3N2O2/c16-15(17,18)13-7-6-11(10-19)14(20-13)22-9-8-21-12-4-2-1-3-5-12/h1-7H,8-9H2. The average molecular weight is 308 g/mol. The van der Waals surface area contributed by atoms with E-state index in [1.54, 1.807) is 30.3 Å². The summed E-state index contributed by atoms with van der Waals surface area (Å²) in [6, 6.07) is 12.4. The second-order valence-electron chi connectivity index (χ2n) is 4.17. The van der Waals surface area contributed by atoms with Crippen molar-refractivity contribution in [3.63, 3.8) is 0 Å². The highest BCUT2D eigenvalue weighted by Gasteiger charge is 2.33. The molecule has 0 fully saturated rings. The lowest BCUT2D eigenvalue weighted by atomic mass is 10.2. The molecular weight excluding hydrogens is 297 g/mol. The van der Waals surface area contributed by atoms with Gasteiger partial charge in [0.1, 0.15) is 36.3 Å². The number of pyridine rings is 1.